The first-order chi connectivity index (χ1) is 7.80. The van der Waals surface area contributed by atoms with Gasteiger partial charge in [0.05, 0.1) is 13.1 Å². The molecule has 7 nitrogen and oxygen atoms in total. The van der Waals surface area contributed by atoms with Crippen LogP contribution in [0.25, 0.3) is 0 Å². The first-order valence-corrected chi connectivity index (χ1v) is 7.09. The normalized spacial score (nSPS) is 24.8. The minimum absolute atomic E-state index is 0.0131. The van der Waals surface area contributed by atoms with Crippen LogP contribution in [0.2, 0.25) is 0 Å². The van der Waals surface area contributed by atoms with Gasteiger partial charge in [-0.15, -0.1) is 0 Å². The topological polar surface area (TPSA) is 117 Å². The van der Waals surface area contributed by atoms with E-state index in [2.05, 4.69) is 34.6 Å². The quantitative estimate of drug-likeness (QED) is 0.331. The molecule has 98 valence electrons. The van der Waals surface area contributed by atoms with Crippen LogP contribution < -0.4 is 20.6 Å². The third-order valence-corrected chi connectivity index (χ3v) is 4.16. The third kappa shape index (κ3) is 4.73. The molecule has 0 saturated heterocycles. The second-order valence-electron chi connectivity index (χ2n) is 3.96. The van der Waals surface area contributed by atoms with Crippen LogP contribution in [0.4, 0.5) is 0 Å². The van der Waals surface area contributed by atoms with Gasteiger partial charge in [0.15, 0.2) is 6.19 Å². The molecule has 1 rings (SSSR count). The summed E-state index contributed by atoms with van der Waals surface area (Å²) in [5, 5.41) is 13.5. The molecule has 0 bridgehead atoms. The average Bonchev–Trinajstić information content (AvgIpc) is 2.37. The summed E-state index contributed by atoms with van der Waals surface area (Å²) in [7, 11) is -3.75. The van der Waals surface area contributed by atoms with E-state index >= 15 is 0 Å². The fraction of sp³-hybridized carbons (Fsp3) is 0.778. The van der Waals surface area contributed by atoms with Gasteiger partial charge in [0, 0.05) is 0 Å². The van der Waals surface area contributed by atoms with Crippen molar-refractivity contribution in [1.82, 2.24) is 10.4 Å². The Kier molecular flexibility index (Phi) is 6.18. The summed E-state index contributed by atoms with van der Waals surface area (Å²) in [6.07, 6.45) is 1.58. The van der Waals surface area contributed by atoms with E-state index in [0.717, 1.165) is 0 Å². The van der Waals surface area contributed by atoms with Gasteiger partial charge in [-0.3, -0.25) is 5.32 Å². The Morgan fingerprint density at radius 2 is 2.12 bits per heavy atom. The highest BCUT2D eigenvalue weighted by molar-refractivity contribution is 7.57. The fourth-order valence-corrected chi connectivity index (χ4v) is 1.93. The third-order valence-electron chi connectivity index (χ3n) is 2.11. The molecule has 0 radical (unpaired) electrons. The number of nitrogens with two attached hydrogens (primary N) is 1. The van der Waals surface area contributed by atoms with Crippen molar-refractivity contribution in [1.29, 1.82) is 5.26 Å². The van der Waals surface area contributed by atoms with E-state index in [1.165, 1.54) is 26.9 Å². The monoisotopic (exact) mass is 261 g/mol. The van der Waals surface area contributed by atoms with Gasteiger partial charge in [0.1, 0.15) is 12.8 Å². The van der Waals surface area contributed by atoms with E-state index in [-0.39, 0.29) is 5.96 Å². The maximum absolute atomic E-state index is 11.2. The Balaban J connectivity index is 0.000000437. The molecule has 17 heavy (non-hydrogen) atoms. The van der Waals surface area contributed by atoms with Crippen LogP contribution in [-0.2, 0) is 4.57 Å². The van der Waals surface area contributed by atoms with Crippen LogP contribution in [-0.4, -0.2) is 24.3 Å². The molecular formula is C9H20N5O2P. The van der Waals surface area contributed by atoms with Crippen LogP contribution in [0.5, 0.6) is 0 Å². The second-order valence-corrected chi connectivity index (χ2v) is 6.38. The predicted molar refractivity (Wildman–Crippen MR) is 64.0 cm³/mol. The molecule has 0 aromatic rings. The van der Waals surface area contributed by atoms with E-state index in [0.29, 0.717) is 0 Å². The second kappa shape index (κ2) is 6.60. The number of quaternary nitrogens is 1. The Morgan fingerprint density at radius 3 is 2.35 bits per heavy atom. The summed E-state index contributed by atoms with van der Waals surface area (Å²) in [5.41, 5.74) is 0. The van der Waals surface area contributed by atoms with E-state index in [1.807, 2.05) is 0 Å². The van der Waals surface area contributed by atoms with Crippen LogP contribution in [0, 0.1) is 11.5 Å². The molecule has 1 heterocycles. The number of aliphatic imine (C=N–C) groups is 1. The molecule has 0 spiro atoms. The van der Waals surface area contributed by atoms with E-state index in [1.54, 1.807) is 6.19 Å². The number of nitrogens with zero attached hydrogens (tertiary/aromatic N) is 2. The molecule has 4 N–H and O–H groups in total. The summed E-state index contributed by atoms with van der Waals surface area (Å²) in [6, 6.07) is 0. The first kappa shape index (κ1) is 15.9. The van der Waals surface area contributed by atoms with Gasteiger partial charge >= 0.3 is 0 Å². The first-order valence-electron chi connectivity index (χ1n) is 5.46. The summed E-state index contributed by atoms with van der Waals surface area (Å²) in [4.78, 5) is 15.0. The van der Waals surface area contributed by atoms with E-state index < -0.39 is 12.8 Å². The zero-order valence-electron chi connectivity index (χ0n) is 10.6. The van der Waals surface area contributed by atoms with Crippen molar-refractivity contribution < 1.29 is 14.8 Å². The van der Waals surface area contributed by atoms with Crippen molar-refractivity contribution in [2.75, 3.05) is 13.1 Å². The zero-order valence-corrected chi connectivity index (χ0v) is 11.5. The molecule has 8 heteroatoms. The molecular weight excluding hydrogens is 241 g/mol. The Morgan fingerprint density at radius 1 is 1.59 bits per heavy atom. The highest BCUT2D eigenvalue weighted by atomic mass is 31.2. The number of hydrogen-bond donors (Lipinski definition) is 3. The number of nitriles is 1. The molecule has 1 unspecified atom stereocenters. The standard InChI is InChI=1S/C5H9N4O2P.C4H11N/c1-5(2)8-4(7-3-6)9-12(5,10)11;1-3-5-4-2/h1-2H3,(H3,7,8,9,10,11);5H,3-4H2,1-2H3. The number of guanidine groups is 1. The SMILES string of the molecule is CC1(C)N=C(NC#N)NP1(=O)[O-].CC[NH2+]CC. The highest BCUT2D eigenvalue weighted by Crippen LogP contribution is 2.50. The lowest BCUT2D eigenvalue weighted by atomic mass is 10.4. The Labute approximate surface area is 102 Å². The van der Waals surface area contributed by atoms with Crippen molar-refractivity contribution in [3.8, 4) is 6.19 Å². The Bertz CT molecular complexity index is 359. The largest absolute Gasteiger partial charge is 0.782 e. The molecule has 0 fully saturated rings. The Hall–Kier alpha value is -1.09. The van der Waals surface area contributed by atoms with Gasteiger partial charge in [0.25, 0.3) is 0 Å². The molecule has 1 atom stereocenters. The van der Waals surface area contributed by atoms with Gasteiger partial charge in [0.2, 0.25) is 5.96 Å². The number of nitrogens with one attached hydrogen (secondary N) is 2. The number of hydrogen-bond acceptors (Lipinski definition) is 5. The van der Waals surface area contributed by atoms with Crippen molar-refractivity contribution in [3.05, 3.63) is 0 Å². The molecule has 0 saturated carbocycles. The zero-order chi connectivity index (χ0) is 13.5. The highest BCUT2D eigenvalue weighted by Gasteiger charge is 2.37. The van der Waals surface area contributed by atoms with Crippen molar-refractivity contribution in [2.24, 2.45) is 4.99 Å². The van der Waals surface area contributed by atoms with Gasteiger partial charge in [-0.1, -0.05) is 0 Å². The van der Waals surface area contributed by atoms with Crippen LogP contribution in [0.1, 0.15) is 27.7 Å². The maximum Gasteiger partial charge on any atom is 0.210 e. The molecule has 0 aromatic carbocycles. The van der Waals surface area contributed by atoms with Gasteiger partial charge in [-0.2, -0.15) is 5.26 Å². The molecule has 0 aromatic heterocycles. The minimum atomic E-state index is -3.75. The van der Waals surface area contributed by atoms with Gasteiger partial charge < -0.3 is 19.9 Å². The van der Waals surface area contributed by atoms with Gasteiger partial charge in [-0.05, 0) is 27.7 Å². The average molecular weight is 261 g/mol. The van der Waals surface area contributed by atoms with Crippen LogP contribution in [0.15, 0.2) is 4.99 Å². The molecule has 0 aliphatic carbocycles. The maximum atomic E-state index is 11.2. The molecule has 1 aliphatic rings. The van der Waals surface area contributed by atoms with Crippen molar-refractivity contribution in [2.45, 2.75) is 33.0 Å². The summed E-state index contributed by atoms with van der Waals surface area (Å²) in [6.45, 7) is 9.67. The smallest absolute Gasteiger partial charge is 0.210 e. The van der Waals surface area contributed by atoms with Crippen molar-refractivity contribution >= 4 is 13.5 Å². The van der Waals surface area contributed by atoms with Gasteiger partial charge in [-0.25, -0.2) is 4.99 Å². The predicted octanol–water partition coefficient (Wildman–Crippen LogP) is -1.10. The van der Waals surface area contributed by atoms with E-state index in [4.69, 9.17) is 5.26 Å². The lowest BCUT2D eigenvalue weighted by Gasteiger charge is -2.29. The minimum Gasteiger partial charge on any atom is -0.782 e. The van der Waals surface area contributed by atoms with Crippen LogP contribution >= 0.6 is 7.52 Å². The van der Waals surface area contributed by atoms with Crippen molar-refractivity contribution in [3.63, 3.8) is 0 Å². The molecule has 1 aliphatic heterocycles. The lowest BCUT2D eigenvalue weighted by molar-refractivity contribution is -0.648. The van der Waals surface area contributed by atoms with E-state index in [9.17, 15) is 9.46 Å². The summed E-state index contributed by atoms with van der Waals surface area (Å²) >= 11 is 0. The fourth-order valence-electron chi connectivity index (χ4n) is 1.04. The number of rotatable bonds is 2. The van der Waals surface area contributed by atoms with Crippen LogP contribution in [0.3, 0.4) is 0 Å². The lowest BCUT2D eigenvalue weighted by Crippen LogP contribution is -2.82. The summed E-state index contributed by atoms with van der Waals surface area (Å²) in [5.74, 6) is -0.0131. The summed E-state index contributed by atoms with van der Waals surface area (Å²) < 4.78 is 11.2. The molecule has 0 amide bonds.